The van der Waals surface area contributed by atoms with Gasteiger partial charge in [-0.3, -0.25) is 9.78 Å². The minimum Gasteiger partial charge on any atom is -0.371 e. The second-order valence-corrected chi connectivity index (χ2v) is 5.49. The van der Waals surface area contributed by atoms with Crippen molar-refractivity contribution in [1.29, 1.82) is 0 Å². The third-order valence-corrected chi connectivity index (χ3v) is 4.23. The first-order valence-electron chi connectivity index (χ1n) is 7.25. The molecular weight excluding hydrogens is 264 g/mol. The average molecular weight is 280 g/mol. The van der Waals surface area contributed by atoms with Crippen molar-refractivity contribution in [1.82, 2.24) is 9.88 Å². The molecule has 4 rings (SSSR count). The maximum Gasteiger partial charge on any atom is 0.256 e. The Hall–Kier alpha value is -2.20. The molecule has 1 aromatic heterocycles. The monoisotopic (exact) mass is 280 g/mol. The highest BCUT2D eigenvalue weighted by atomic mass is 16.5. The fraction of sp³-hybridized carbons (Fsp3) is 0.294. The predicted molar refractivity (Wildman–Crippen MR) is 77.8 cm³/mol. The summed E-state index contributed by atoms with van der Waals surface area (Å²) >= 11 is 0. The summed E-state index contributed by atoms with van der Waals surface area (Å²) in [4.78, 5) is 18.5. The summed E-state index contributed by atoms with van der Waals surface area (Å²) in [6.45, 7) is 1.89. The van der Waals surface area contributed by atoms with Gasteiger partial charge in [-0.25, -0.2) is 0 Å². The van der Waals surface area contributed by atoms with Crippen LogP contribution in [0.2, 0.25) is 0 Å². The van der Waals surface area contributed by atoms with Gasteiger partial charge in [-0.1, -0.05) is 24.3 Å². The Morgan fingerprint density at radius 2 is 2.14 bits per heavy atom. The molecule has 4 heteroatoms. The topological polar surface area (TPSA) is 42.4 Å². The van der Waals surface area contributed by atoms with Gasteiger partial charge in [-0.2, -0.15) is 0 Å². The highest BCUT2D eigenvalue weighted by Crippen LogP contribution is 2.30. The van der Waals surface area contributed by atoms with Crippen molar-refractivity contribution in [3.8, 4) is 0 Å². The van der Waals surface area contributed by atoms with E-state index in [4.69, 9.17) is 4.74 Å². The Morgan fingerprint density at radius 3 is 3.05 bits per heavy atom. The molecule has 4 nitrogen and oxygen atoms in total. The number of ether oxygens (including phenoxy) is 1. The summed E-state index contributed by atoms with van der Waals surface area (Å²) < 4.78 is 5.90. The summed E-state index contributed by atoms with van der Waals surface area (Å²) in [6.07, 6.45) is 2.65. The lowest BCUT2D eigenvalue weighted by molar-refractivity contribution is 0.0159. The summed E-state index contributed by atoms with van der Waals surface area (Å²) in [7, 11) is 0. The van der Waals surface area contributed by atoms with E-state index in [9.17, 15) is 4.79 Å². The number of benzene rings is 1. The van der Waals surface area contributed by atoms with E-state index in [2.05, 4.69) is 23.2 Å². The molecule has 0 saturated heterocycles. The largest absolute Gasteiger partial charge is 0.371 e. The van der Waals surface area contributed by atoms with Gasteiger partial charge in [0.25, 0.3) is 5.91 Å². The van der Waals surface area contributed by atoms with Crippen LogP contribution in [0.25, 0.3) is 0 Å². The van der Waals surface area contributed by atoms with Crippen LogP contribution in [0.3, 0.4) is 0 Å². The molecule has 21 heavy (non-hydrogen) atoms. The Kier molecular flexibility index (Phi) is 2.97. The Labute approximate surface area is 123 Å². The van der Waals surface area contributed by atoms with Crippen LogP contribution in [0.4, 0.5) is 0 Å². The Bertz CT molecular complexity index is 699. The van der Waals surface area contributed by atoms with Crippen LogP contribution in [-0.4, -0.2) is 28.9 Å². The molecule has 2 aromatic rings. The number of pyridine rings is 1. The summed E-state index contributed by atoms with van der Waals surface area (Å²) in [5.41, 5.74) is 4.13. The minimum atomic E-state index is -0.0341. The first-order valence-corrected chi connectivity index (χ1v) is 7.25. The fourth-order valence-electron chi connectivity index (χ4n) is 3.16. The van der Waals surface area contributed by atoms with Gasteiger partial charge in [0.05, 0.1) is 31.0 Å². The van der Waals surface area contributed by atoms with Crippen LogP contribution in [0.1, 0.15) is 33.3 Å². The molecule has 2 aliphatic heterocycles. The second kappa shape index (κ2) is 4.97. The van der Waals surface area contributed by atoms with E-state index in [0.717, 1.165) is 24.3 Å². The quantitative estimate of drug-likeness (QED) is 0.848. The van der Waals surface area contributed by atoms with Gasteiger partial charge in [-0.05, 0) is 29.7 Å². The van der Waals surface area contributed by atoms with Crippen molar-refractivity contribution in [3.63, 3.8) is 0 Å². The number of carbonyl (C=O) groups excluding carboxylic acids is 1. The zero-order chi connectivity index (χ0) is 14.2. The predicted octanol–water partition coefficient (Wildman–Crippen LogP) is 2.35. The van der Waals surface area contributed by atoms with E-state index >= 15 is 0 Å². The van der Waals surface area contributed by atoms with Gasteiger partial charge in [0.15, 0.2) is 0 Å². The maximum atomic E-state index is 12.4. The van der Waals surface area contributed by atoms with Gasteiger partial charge in [0.1, 0.15) is 6.10 Å². The van der Waals surface area contributed by atoms with E-state index in [1.54, 1.807) is 6.20 Å². The van der Waals surface area contributed by atoms with Gasteiger partial charge in [-0.15, -0.1) is 0 Å². The number of hydrogen-bond acceptors (Lipinski definition) is 3. The molecule has 0 aliphatic carbocycles. The van der Waals surface area contributed by atoms with Gasteiger partial charge < -0.3 is 9.64 Å². The molecule has 106 valence electrons. The van der Waals surface area contributed by atoms with Gasteiger partial charge >= 0.3 is 0 Å². The van der Waals surface area contributed by atoms with Crippen LogP contribution in [-0.2, 0) is 17.7 Å². The van der Waals surface area contributed by atoms with Gasteiger partial charge in [0, 0.05) is 6.20 Å². The highest BCUT2D eigenvalue weighted by molar-refractivity contribution is 5.97. The molecule has 0 N–H and O–H groups in total. The molecule has 0 radical (unpaired) electrons. The summed E-state index contributed by atoms with van der Waals surface area (Å²) in [6, 6.07) is 12.0. The average Bonchev–Trinajstić information content (AvgIpc) is 2.85. The molecule has 0 fully saturated rings. The lowest BCUT2D eigenvalue weighted by Crippen LogP contribution is -2.32. The van der Waals surface area contributed by atoms with Crippen molar-refractivity contribution in [3.05, 3.63) is 65.0 Å². The lowest BCUT2D eigenvalue weighted by atomic mass is 9.97. The third kappa shape index (κ3) is 2.12. The number of fused-ring (bicyclic) bond motifs is 2. The van der Waals surface area contributed by atoms with Crippen molar-refractivity contribution in [2.75, 3.05) is 13.2 Å². The highest BCUT2D eigenvalue weighted by Gasteiger charge is 2.31. The Morgan fingerprint density at radius 1 is 1.24 bits per heavy atom. The van der Waals surface area contributed by atoms with Crippen LogP contribution >= 0.6 is 0 Å². The molecule has 0 spiro atoms. The van der Waals surface area contributed by atoms with Crippen molar-refractivity contribution < 1.29 is 9.53 Å². The third-order valence-electron chi connectivity index (χ3n) is 4.23. The molecular formula is C17H16N2O2. The first-order chi connectivity index (χ1) is 10.3. The van der Waals surface area contributed by atoms with Crippen molar-refractivity contribution >= 4 is 5.91 Å². The molecule has 2 aliphatic rings. The van der Waals surface area contributed by atoms with Crippen LogP contribution < -0.4 is 0 Å². The van der Waals surface area contributed by atoms with E-state index < -0.39 is 0 Å². The maximum absolute atomic E-state index is 12.4. The van der Waals surface area contributed by atoms with Crippen LogP contribution in [0.15, 0.2) is 42.6 Å². The number of aromatic nitrogens is 1. The molecule has 0 unspecified atom stereocenters. The van der Waals surface area contributed by atoms with E-state index in [1.165, 1.54) is 11.1 Å². The summed E-state index contributed by atoms with van der Waals surface area (Å²) in [5, 5.41) is 0. The van der Waals surface area contributed by atoms with Crippen LogP contribution in [0.5, 0.6) is 0 Å². The van der Waals surface area contributed by atoms with Crippen molar-refractivity contribution in [2.24, 2.45) is 0 Å². The molecule has 1 amide bonds. The smallest absolute Gasteiger partial charge is 0.256 e. The normalized spacial score (nSPS) is 20.3. The van der Waals surface area contributed by atoms with E-state index in [0.29, 0.717) is 13.1 Å². The van der Waals surface area contributed by atoms with E-state index in [1.807, 2.05) is 23.1 Å². The van der Waals surface area contributed by atoms with Gasteiger partial charge in [0.2, 0.25) is 0 Å². The number of amides is 1. The summed E-state index contributed by atoms with van der Waals surface area (Å²) in [5.74, 6) is 0.0600. The second-order valence-electron chi connectivity index (χ2n) is 5.49. The lowest BCUT2D eigenvalue weighted by Gasteiger charge is -2.29. The zero-order valence-corrected chi connectivity index (χ0v) is 11.7. The number of carbonyl (C=O) groups is 1. The minimum absolute atomic E-state index is 0.0341. The number of nitrogens with zero attached hydrogens (tertiary/aromatic N) is 2. The molecule has 1 atom stereocenters. The van der Waals surface area contributed by atoms with Crippen LogP contribution in [0, 0.1) is 0 Å². The molecule has 1 aromatic carbocycles. The Balaban J connectivity index is 1.58. The van der Waals surface area contributed by atoms with E-state index in [-0.39, 0.29) is 12.0 Å². The van der Waals surface area contributed by atoms with Crippen molar-refractivity contribution in [2.45, 2.75) is 19.1 Å². The zero-order valence-electron chi connectivity index (χ0n) is 11.7. The number of hydrogen-bond donors (Lipinski definition) is 0. The standard InChI is InChI=1S/C17H16N2O2/c20-17-14-6-3-8-18-15(14)10-19(17)11-16-13-5-2-1-4-12(13)7-9-21-16/h1-6,8,16H,7,9-11H2/t16-/m1/s1. The fourth-order valence-corrected chi connectivity index (χ4v) is 3.16. The molecule has 3 heterocycles. The first kappa shape index (κ1) is 12.5. The number of rotatable bonds is 2. The SMILES string of the molecule is O=C1c2cccnc2CN1C[C@H]1OCCc2ccccc21. The molecule has 0 saturated carbocycles. The molecule has 0 bridgehead atoms.